The summed E-state index contributed by atoms with van der Waals surface area (Å²) in [6.07, 6.45) is -17.1. The highest BCUT2D eigenvalue weighted by Crippen LogP contribution is 2.37. The number of ether oxygens (including phenoxy) is 18. The van der Waals surface area contributed by atoms with Crippen molar-refractivity contribution in [3.8, 4) is 0 Å². The van der Waals surface area contributed by atoms with Crippen LogP contribution in [0.5, 0.6) is 0 Å². The molecule has 0 aromatic rings. The van der Waals surface area contributed by atoms with E-state index >= 15 is 0 Å². The van der Waals surface area contributed by atoms with Gasteiger partial charge in [0.2, 0.25) is 47.3 Å². The van der Waals surface area contributed by atoms with Crippen molar-refractivity contribution in [1.82, 2.24) is 42.5 Å². The zero-order valence-corrected chi connectivity index (χ0v) is 67.8. The molecule has 0 bridgehead atoms. The summed E-state index contributed by atoms with van der Waals surface area (Å²) in [6, 6.07) is -3.48. The van der Waals surface area contributed by atoms with E-state index in [1.165, 1.54) is 27.7 Å². The normalized spacial score (nSPS) is 23.9. The van der Waals surface area contributed by atoms with Crippen LogP contribution in [-0.4, -0.2) is 428 Å². The fraction of sp³-hybridized carbons (Fsp3) is 0.884. The zero-order chi connectivity index (χ0) is 86.1. The van der Waals surface area contributed by atoms with Crippen LogP contribution < -0.4 is 47.4 Å². The number of hydrogen-bond donors (Lipinski definition) is 17. The summed E-state index contributed by atoms with van der Waals surface area (Å²) in [7, 11) is -4.32. The van der Waals surface area contributed by atoms with Gasteiger partial charge in [-0.05, 0) is 6.92 Å². The lowest BCUT2D eigenvalue weighted by molar-refractivity contribution is -0.272. The maximum Gasteiger partial charge on any atom is 0.267 e. The number of amides is 8. The van der Waals surface area contributed by atoms with Crippen LogP contribution in [0.25, 0.3) is 0 Å². The predicted molar refractivity (Wildman–Crippen MR) is 395 cm³/mol. The highest BCUT2D eigenvalue weighted by atomic mass is 31.2. The molecule has 3 rings (SSSR count). The van der Waals surface area contributed by atoms with E-state index in [0.717, 1.165) is 0 Å². The Hall–Kier alpha value is -5.21. The van der Waals surface area contributed by atoms with Crippen LogP contribution in [0.3, 0.4) is 0 Å². The van der Waals surface area contributed by atoms with Gasteiger partial charge in [0.15, 0.2) is 18.9 Å². The first-order valence-electron chi connectivity index (χ1n) is 38.6. The van der Waals surface area contributed by atoms with Crippen molar-refractivity contribution in [2.75, 3.05) is 238 Å². The van der Waals surface area contributed by atoms with Gasteiger partial charge < -0.3 is 188 Å². The lowest BCUT2D eigenvalue weighted by Crippen LogP contribution is -2.64. The molecule has 47 nitrogen and oxygen atoms in total. The van der Waals surface area contributed by atoms with Crippen molar-refractivity contribution in [2.45, 2.75) is 157 Å². The van der Waals surface area contributed by atoms with Gasteiger partial charge in [-0.1, -0.05) is 0 Å². The van der Waals surface area contributed by atoms with Gasteiger partial charge in [-0.25, -0.2) is 0 Å². The monoisotopic (exact) mass is 1720 g/mol. The van der Waals surface area contributed by atoms with Gasteiger partial charge in [-0.3, -0.25) is 42.9 Å². The van der Waals surface area contributed by atoms with E-state index in [9.17, 15) is 93.8 Å². The van der Waals surface area contributed by atoms with Crippen LogP contribution in [0, 0.1) is 0 Å². The second-order valence-corrected chi connectivity index (χ2v) is 27.7. The first-order valence-corrected chi connectivity index (χ1v) is 40.1. The van der Waals surface area contributed by atoms with Crippen LogP contribution in [0.2, 0.25) is 0 Å². The molecular weight excluding hydrogens is 1600 g/mol. The number of phosphoric acid groups is 1. The van der Waals surface area contributed by atoms with Crippen molar-refractivity contribution in [2.24, 2.45) is 0 Å². The summed E-state index contributed by atoms with van der Waals surface area (Å²) >= 11 is 0. The van der Waals surface area contributed by atoms with Crippen molar-refractivity contribution < 1.29 is 188 Å². The van der Waals surface area contributed by atoms with Crippen LogP contribution in [0.1, 0.15) is 59.8 Å². The molecule has 0 aliphatic carbocycles. The third-order valence-electron chi connectivity index (χ3n) is 16.7. The van der Waals surface area contributed by atoms with E-state index in [0.29, 0.717) is 0 Å². The summed E-state index contributed by atoms with van der Waals surface area (Å²) in [4.78, 5) is 112. The minimum Gasteiger partial charge on any atom is -0.756 e. The molecule has 3 aliphatic heterocycles. The number of aliphatic hydroxyl groups excluding tert-OH is 9. The standard InChI is InChI=1S/C69H127N8O39P/c1-5-112-117(95,96)113-39-35-105-31-30-104-29-28-103-27-25-97-15-6-52(84)70-11-20-99-26-24-98-16-10-56(88)77-69(43-106-17-7-53(85)71-12-21-100-32-36-109-66-57(74-46(2)81)63(92)60(89)49(40-78)114-66,44-107-18-8-54(86)72-13-22-101-33-37-110-67-58(75-47(3)82)64(93)61(90)50(41-79)115-67)45-108-19-9-55(87)73-14-23-102-34-38-111-68-59(76-48(4)83)65(94)62(91)51(42-80)116-68/h49-51,57-68,78-80,89-94H,5-45H2,1-4H3,(H,70,84)(H,71,85)(H,72,86)(H,73,87)(H,74,81)(H,75,82)(H,76,83)(H,77,88)(H,95,96)/p-1/t49-,50-,51-,57-,58-,59-,60+,61+,62+,63-,64-,65-,66-,67-,68-/m1/s1. The molecule has 0 aromatic heterocycles. The van der Waals surface area contributed by atoms with Crippen molar-refractivity contribution in [1.29, 1.82) is 0 Å². The Kier molecular flexibility index (Phi) is 57.7. The molecule has 3 fully saturated rings. The summed E-state index contributed by atoms with van der Waals surface area (Å²) in [5.74, 6) is -3.84. The van der Waals surface area contributed by atoms with E-state index < -0.39 is 166 Å². The second kappa shape index (κ2) is 63.7. The number of carbonyl (C=O) groups excluding carboxylic acids is 8. The molecule has 0 radical (unpaired) electrons. The lowest BCUT2D eigenvalue weighted by atomic mass is 9.97. The quantitative estimate of drug-likeness (QED) is 0.0199. The first-order chi connectivity index (χ1) is 56.2. The molecule has 3 saturated heterocycles. The summed E-state index contributed by atoms with van der Waals surface area (Å²) in [5.41, 5.74) is -1.56. The first kappa shape index (κ1) is 106. The minimum atomic E-state index is -4.32. The van der Waals surface area contributed by atoms with Crippen LogP contribution >= 0.6 is 7.82 Å². The van der Waals surface area contributed by atoms with Crippen LogP contribution in [0.15, 0.2) is 0 Å². The van der Waals surface area contributed by atoms with Crippen molar-refractivity contribution in [3.63, 3.8) is 0 Å². The third kappa shape index (κ3) is 47.1. The molecule has 3 heterocycles. The zero-order valence-electron chi connectivity index (χ0n) is 66.9. The van der Waals surface area contributed by atoms with Gasteiger partial charge in [0, 0.05) is 79.1 Å². The average molecular weight is 1720 g/mol. The second-order valence-electron chi connectivity index (χ2n) is 26.3. The summed E-state index contributed by atoms with van der Waals surface area (Å²) in [6.45, 7) is 3.09. The topological polar surface area (TPSA) is 640 Å². The van der Waals surface area contributed by atoms with Gasteiger partial charge in [0.05, 0.1) is 211 Å². The molecule has 48 heteroatoms. The summed E-state index contributed by atoms with van der Waals surface area (Å²) < 4.78 is 122. The molecule has 17 N–H and O–H groups in total. The Labute approximate surface area is 678 Å². The Bertz CT molecular complexity index is 2570. The molecule has 0 aromatic carbocycles. The van der Waals surface area contributed by atoms with E-state index in [1.54, 1.807) is 0 Å². The van der Waals surface area contributed by atoms with Crippen molar-refractivity contribution >= 4 is 55.1 Å². The number of carbonyl (C=O) groups is 8. The highest BCUT2D eigenvalue weighted by Gasteiger charge is 2.48. The molecule has 117 heavy (non-hydrogen) atoms. The maximum absolute atomic E-state index is 13.9. The molecule has 0 spiro atoms. The molecule has 8 amide bonds. The molecular formula is C69H126N8O39P-. The average Bonchev–Trinajstić information content (AvgIpc) is 0.821. The Balaban J connectivity index is 1.57. The molecule has 0 saturated carbocycles. The van der Waals surface area contributed by atoms with Gasteiger partial charge >= 0.3 is 0 Å². The smallest absolute Gasteiger partial charge is 0.267 e. The predicted octanol–water partition coefficient (Wildman–Crippen LogP) is -10.1. The minimum absolute atomic E-state index is 0.00913. The molecule has 16 atom stereocenters. The van der Waals surface area contributed by atoms with Crippen molar-refractivity contribution in [3.05, 3.63) is 0 Å². The number of phosphoric ester groups is 1. The van der Waals surface area contributed by atoms with Crippen LogP contribution in [-0.2, 0) is 137 Å². The van der Waals surface area contributed by atoms with Gasteiger partial charge in [-0.15, -0.1) is 0 Å². The number of aliphatic hydroxyl groups is 9. The van der Waals surface area contributed by atoms with E-state index in [-0.39, 0.29) is 256 Å². The summed E-state index contributed by atoms with van der Waals surface area (Å²) in [5, 5.41) is 112. The fourth-order valence-electron chi connectivity index (χ4n) is 10.9. The number of rotatable bonds is 70. The lowest BCUT2D eigenvalue weighted by Gasteiger charge is -2.42. The Morgan fingerprint density at radius 1 is 0.342 bits per heavy atom. The van der Waals surface area contributed by atoms with E-state index in [4.69, 9.17) is 85.3 Å². The number of hydrogen-bond acceptors (Lipinski definition) is 39. The van der Waals surface area contributed by atoms with Gasteiger partial charge in [0.1, 0.15) is 78.6 Å². The third-order valence-corrected chi connectivity index (χ3v) is 17.8. The SMILES string of the molecule is CCOP(=O)([O-])OCCOCCOCCOCCOCCC(=O)NCCOCCOCCC(=O)NC(COCCC(=O)NCCOCCO[C@@H]1O[C@H](CO)[C@H](O)[C@H](O)[C@H]1NC(C)=O)(COCCC(=O)NCCOCCO[C@@H]1O[C@H](CO)[C@H](O)[C@H](O)[C@H]1NC(C)=O)COCCC(=O)NCCOCCO[C@@H]1O[C@H](CO)[C@H](O)[C@H](O)[C@H]1NC(C)=O. The molecule has 1 unspecified atom stereocenters. The maximum atomic E-state index is 13.9. The molecule has 682 valence electrons. The fourth-order valence-corrected chi connectivity index (χ4v) is 11.6. The van der Waals surface area contributed by atoms with E-state index in [2.05, 4.69) is 51.6 Å². The van der Waals surface area contributed by atoms with Gasteiger partial charge in [-0.2, -0.15) is 0 Å². The Morgan fingerprint density at radius 2 is 0.590 bits per heavy atom. The number of nitrogens with one attached hydrogen (secondary N) is 8. The van der Waals surface area contributed by atoms with Crippen LogP contribution in [0.4, 0.5) is 0 Å². The Morgan fingerprint density at radius 3 is 0.863 bits per heavy atom. The highest BCUT2D eigenvalue weighted by molar-refractivity contribution is 7.45. The molecule has 3 aliphatic rings. The van der Waals surface area contributed by atoms with E-state index in [1.807, 2.05) is 0 Å². The van der Waals surface area contributed by atoms with Gasteiger partial charge in [0.25, 0.3) is 7.82 Å². The largest absolute Gasteiger partial charge is 0.756 e.